The van der Waals surface area contributed by atoms with Crippen molar-refractivity contribution in [3.05, 3.63) is 56.5 Å². The van der Waals surface area contributed by atoms with Crippen LogP contribution in [0.3, 0.4) is 0 Å². The Bertz CT molecular complexity index is 862. The molecular formula is C36H59O7Pd-. The van der Waals surface area contributed by atoms with Crippen molar-refractivity contribution in [3.8, 4) is 0 Å². The second-order valence-corrected chi connectivity index (χ2v) is 11.1. The first-order valence-corrected chi connectivity index (χ1v) is 16.1. The Balaban J connectivity index is 0. The fourth-order valence-corrected chi connectivity index (χ4v) is 6.11. The SMILES string of the molecule is C1=CCCC=C1.C=CC(=O)OCC.CCO.CCOC(=O)C1CC2C=CC1CC2.CCOC(=O)C1CC2CCC1CC2.[CH3-].[Pd]. The van der Waals surface area contributed by atoms with Crippen LogP contribution in [-0.2, 0) is 49.0 Å². The van der Waals surface area contributed by atoms with Crippen LogP contribution in [0.5, 0.6) is 0 Å². The largest absolute Gasteiger partial charge is 0.466 e. The van der Waals surface area contributed by atoms with Gasteiger partial charge in [-0.25, -0.2) is 4.79 Å². The van der Waals surface area contributed by atoms with E-state index in [0.29, 0.717) is 37.6 Å². The summed E-state index contributed by atoms with van der Waals surface area (Å²) in [6, 6.07) is 0. The summed E-state index contributed by atoms with van der Waals surface area (Å²) >= 11 is 0. The van der Waals surface area contributed by atoms with E-state index in [9.17, 15) is 14.4 Å². The van der Waals surface area contributed by atoms with Gasteiger partial charge in [0.05, 0.1) is 31.7 Å². The van der Waals surface area contributed by atoms with Crippen LogP contribution in [0.15, 0.2) is 49.1 Å². The molecule has 4 saturated carbocycles. The summed E-state index contributed by atoms with van der Waals surface area (Å²) in [6.45, 7) is 12.1. The van der Waals surface area contributed by atoms with E-state index in [1.165, 1.54) is 51.4 Å². The third-order valence-electron chi connectivity index (χ3n) is 8.14. The van der Waals surface area contributed by atoms with Crippen molar-refractivity contribution in [1.82, 2.24) is 0 Å². The monoisotopic (exact) mass is 709 g/mol. The molecule has 7 rings (SSSR count). The Morgan fingerprint density at radius 2 is 1.30 bits per heavy atom. The summed E-state index contributed by atoms with van der Waals surface area (Å²) < 4.78 is 14.6. The van der Waals surface area contributed by atoms with Crippen LogP contribution in [0.1, 0.15) is 91.9 Å². The van der Waals surface area contributed by atoms with Crippen LogP contribution >= 0.6 is 0 Å². The van der Waals surface area contributed by atoms with Gasteiger partial charge in [0.2, 0.25) is 0 Å². The molecular weight excluding hydrogens is 651 g/mol. The van der Waals surface area contributed by atoms with Gasteiger partial charge in [0, 0.05) is 33.1 Å². The number of esters is 3. The molecule has 7 aliphatic rings. The second kappa shape index (κ2) is 27.3. The smallest absolute Gasteiger partial charge is 0.330 e. The Hall–Kier alpha value is -2.01. The van der Waals surface area contributed by atoms with Gasteiger partial charge in [0.25, 0.3) is 0 Å². The predicted octanol–water partition coefficient (Wildman–Crippen LogP) is 7.60. The number of rotatable bonds is 6. The van der Waals surface area contributed by atoms with Crippen molar-refractivity contribution >= 4 is 17.9 Å². The van der Waals surface area contributed by atoms with Crippen molar-refractivity contribution in [2.24, 2.45) is 35.5 Å². The second-order valence-electron chi connectivity index (χ2n) is 11.1. The zero-order valence-electron chi connectivity index (χ0n) is 27.8. The van der Waals surface area contributed by atoms with Gasteiger partial charge in [-0.2, -0.15) is 0 Å². The number of hydrogen-bond acceptors (Lipinski definition) is 7. The number of aliphatic hydroxyl groups excluding tert-OH is 1. The van der Waals surface area contributed by atoms with Gasteiger partial charge >= 0.3 is 17.9 Å². The average Bonchev–Trinajstić information content (AvgIpc) is 3.04. The molecule has 1 N–H and O–H groups in total. The summed E-state index contributed by atoms with van der Waals surface area (Å²) in [5.74, 6) is 2.68. The number of hydrogen-bond donors (Lipinski definition) is 1. The molecule has 8 heteroatoms. The normalized spacial score (nSPS) is 25.9. The van der Waals surface area contributed by atoms with Crippen molar-refractivity contribution < 1.29 is 54.1 Å². The summed E-state index contributed by atoms with van der Waals surface area (Å²) in [7, 11) is 0. The van der Waals surface area contributed by atoms with Crippen LogP contribution in [-0.4, -0.2) is 49.4 Å². The molecule has 0 aliphatic heterocycles. The summed E-state index contributed by atoms with van der Waals surface area (Å²) in [5.41, 5.74) is 0. The molecule has 0 amide bonds. The zero-order chi connectivity index (χ0) is 31.2. The average molecular weight is 710 g/mol. The molecule has 0 heterocycles. The third kappa shape index (κ3) is 17.5. The zero-order valence-corrected chi connectivity index (χ0v) is 29.4. The number of carbonyl (C=O) groups excluding carboxylic acids is 3. The molecule has 0 saturated heterocycles. The Morgan fingerprint density at radius 3 is 1.59 bits per heavy atom. The van der Waals surface area contributed by atoms with Crippen LogP contribution in [0.25, 0.3) is 0 Å². The van der Waals surface area contributed by atoms with Crippen molar-refractivity contribution in [3.63, 3.8) is 0 Å². The van der Waals surface area contributed by atoms with E-state index >= 15 is 0 Å². The van der Waals surface area contributed by atoms with Crippen molar-refractivity contribution in [2.45, 2.75) is 91.9 Å². The van der Waals surface area contributed by atoms with E-state index < -0.39 is 0 Å². The molecule has 4 atom stereocenters. The summed E-state index contributed by atoms with van der Waals surface area (Å²) in [4.78, 5) is 33.2. The Labute approximate surface area is 281 Å². The van der Waals surface area contributed by atoms with Crippen molar-refractivity contribution in [2.75, 3.05) is 26.4 Å². The van der Waals surface area contributed by atoms with Crippen molar-refractivity contribution in [1.29, 1.82) is 0 Å². The summed E-state index contributed by atoms with van der Waals surface area (Å²) in [6.07, 6.45) is 26.4. The molecule has 0 aromatic carbocycles. The molecule has 7 nitrogen and oxygen atoms in total. The molecule has 4 fully saturated rings. The number of aliphatic hydroxyl groups is 1. The van der Waals surface area contributed by atoms with Crippen LogP contribution < -0.4 is 0 Å². The molecule has 7 aliphatic carbocycles. The molecule has 4 bridgehead atoms. The Kier molecular flexibility index (Phi) is 27.4. The first-order valence-electron chi connectivity index (χ1n) is 16.1. The molecule has 0 radical (unpaired) electrons. The first-order chi connectivity index (χ1) is 20.3. The van der Waals surface area contributed by atoms with Gasteiger partial charge in [0.1, 0.15) is 0 Å². The molecule has 44 heavy (non-hydrogen) atoms. The van der Waals surface area contributed by atoms with Gasteiger partial charge in [0.15, 0.2) is 0 Å². The maximum Gasteiger partial charge on any atom is 0.330 e. The minimum atomic E-state index is -0.359. The number of fused-ring (bicyclic) bond motifs is 5. The van der Waals surface area contributed by atoms with E-state index in [2.05, 4.69) is 47.8 Å². The van der Waals surface area contributed by atoms with Crippen LogP contribution in [0.4, 0.5) is 0 Å². The van der Waals surface area contributed by atoms with Crippen LogP contribution in [0.2, 0.25) is 0 Å². The van der Waals surface area contributed by atoms with E-state index in [1.54, 1.807) is 13.8 Å². The van der Waals surface area contributed by atoms with Gasteiger partial charge < -0.3 is 26.7 Å². The van der Waals surface area contributed by atoms with Gasteiger partial charge in [-0.05, 0) is 103 Å². The molecule has 4 unspecified atom stereocenters. The Morgan fingerprint density at radius 1 is 0.773 bits per heavy atom. The quantitative estimate of drug-likeness (QED) is 0.0758. The number of allylic oxidation sites excluding steroid dienone is 6. The number of carbonyl (C=O) groups is 3. The predicted molar refractivity (Wildman–Crippen MR) is 174 cm³/mol. The molecule has 0 aromatic heterocycles. The van der Waals surface area contributed by atoms with Gasteiger partial charge in [-0.1, -0.05) is 55.9 Å². The van der Waals surface area contributed by atoms with Gasteiger partial charge in [-0.3, -0.25) is 9.59 Å². The maximum atomic E-state index is 11.6. The fourth-order valence-electron chi connectivity index (χ4n) is 6.11. The topological polar surface area (TPSA) is 99.1 Å². The maximum absolute atomic E-state index is 11.6. The van der Waals surface area contributed by atoms with Crippen LogP contribution in [0, 0.1) is 42.9 Å². The summed E-state index contributed by atoms with van der Waals surface area (Å²) in [5, 5.41) is 7.57. The molecule has 0 aromatic rings. The van der Waals surface area contributed by atoms with E-state index in [0.717, 1.165) is 24.8 Å². The molecule has 0 spiro atoms. The first kappa shape index (κ1) is 44.1. The van der Waals surface area contributed by atoms with E-state index in [4.69, 9.17) is 14.6 Å². The third-order valence-corrected chi connectivity index (χ3v) is 8.14. The fraction of sp³-hybridized carbons (Fsp3) is 0.667. The number of ether oxygens (including phenoxy) is 3. The van der Waals surface area contributed by atoms with E-state index in [1.807, 2.05) is 13.8 Å². The van der Waals surface area contributed by atoms with Gasteiger partial charge in [-0.15, -0.1) is 0 Å². The minimum absolute atomic E-state index is 0. The minimum Gasteiger partial charge on any atom is -0.466 e. The molecule has 256 valence electrons. The standard InChI is InChI=1S/C11H18O2.C11H16O2.C6H8.C5H8O2.C2H6O.CH3.Pd/c2*1-2-13-11(12)10-7-8-3-5-9(10)6-4-8;1-2-4-6-5-3-1;1-3-5(6)7-4-2;1-2-3;;/h8-10H,2-7H2,1H3;3,5,8-10H,2,4,6-7H2,1H3;1-4H,5-6H2;3H,1,4H2,2H3;3H,2H2,1H3;1H3;/q;;;;;-1;. The van der Waals surface area contributed by atoms with E-state index in [-0.39, 0.29) is 64.2 Å².